The topological polar surface area (TPSA) is 49.3 Å². The molecule has 4 rings (SSSR count). The number of hydrogen-bond acceptors (Lipinski definition) is 3. The Morgan fingerprint density at radius 2 is 1.88 bits per heavy atom. The molecule has 1 fully saturated rings. The van der Waals surface area contributed by atoms with Crippen molar-refractivity contribution < 1.29 is 14.3 Å². The van der Waals surface area contributed by atoms with Crippen LogP contribution < -0.4 is 5.32 Å². The van der Waals surface area contributed by atoms with Crippen LogP contribution in [-0.2, 0) is 4.79 Å². The number of aryl methyl sites for hydroxylation is 2. The SMILES string of the molecule is Cc1cccc(/C=C(\C=O)C(c2ccccc2)C2(O)CCNC(c3ccc(F)cc3C)C2)c1. The minimum Gasteiger partial charge on any atom is -0.389 e. The molecule has 0 radical (unpaired) electrons. The molecule has 1 heterocycles. The number of halogens is 1. The van der Waals surface area contributed by atoms with Crippen LogP contribution in [0.5, 0.6) is 0 Å². The number of carbonyl (C=O) groups excluding carboxylic acids is 1. The van der Waals surface area contributed by atoms with Crippen LogP contribution in [0.3, 0.4) is 0 Å². The van der Waals surface area contributed by atoms with E-state index in [0.29, 0.717) is 25.0 Å². The molecular weight excluding hydrogens is 413 g/mol. The summed E-state index contributed by atoms with van der Waals surface area (Å²) in [4.78, 5) is 12.4. The standard InChI is InChI=1S/C29H30FNO2/c1-20-7-6-8-22(15-20)17-24(19-32)28(23-9-4-3-5-10-23)29(33)13-14-31-27(18-29)26-12-11-25(30)16-21(26)2/h3-12,15-17,19,27-28,31,33H,13-14,18H2,1-2H3/b24-17+. The highest BCUT2D eigenvalue weighted by molar-refractivity contribution is 5.84. The van der Waals surface area contributed by atoms with E-state index in [1.807, 2.05) is 74.5 Å². The van der Waals surface area contributed by atoms with Crippen molar-refractivity contribution in [2.75, 3.05) is 6.54 Å². The zero-order chi connectivity index (χ0) is 23.4. The molecule has 4 heteroatoms. The number of aldehydes is 1. The van der Waals surface area contributed by atoms with Crippen molar-refractivity contribution in [1.29, 1.82) is 0 Å². The zero-order valence-corrected chi connectivity index (χ0v) is 19.1. The third-order valence-corrected chi connectivity index (χ3v) is 6.63. The Balaban J connectivity index is 1.77. The lowest BCUT2D eigenvalue weighted by molar-refractivity contribution is -0.106. The van der Waals surface area contributed by atoms with Crippen LogP contribution in [0.4, 0.5) is 4.39 Å². The summed E-state index contributed by atoms with van der Waals surface area (Å²) in [6, 6.07) is 22.3. The molecule has 3 unspecified atom stereocenters. The van der Waals surface area contributed by atoms with Crippen molar-refractivity contribution in [2.24, 2.45) is 0 Å². The minimum absolute atomic E-state index is 0.137. The molecule has 3 atom stereocenters. The Kier molecular flexibility index (Phi) is 6.87. The van der Waals surface area contributed by atoms with Gasteiger partial charge in [-0.3, -0.25) is 4.79 Å². The molecule has 0 bridgehead atoms. The van der Waals surface area contributed by atoms with Crippen molar-refractivity contribution >= 4 is 12.4 Å². The van der Waals surface area contributed by atoms with Gasteiger partial charge in [0.1, 0.15) is 12.1 Å². The van der Waals surface area contributed by atoms with E-state index in [4.69, 9.17) is 0 Å². The van der Waals surface area contributed by atoms with E-state index >= 15 is 0 Å². The van der Waals surface area contributed by atoms with Gasteiger partial charge in [0.15, 0.2) is 0 Å². The molecule has 3 aromatic carbocycles. The van der Waals surface area contributed by atoms with E-state index in [1.54, 1.807) is 6.07 Å². The predicted octanol–water partition coefficient (Wildman–Crippen LogP) is 5.66. The summed E-state index contributed by atoms with van der Waals surface area (Å²) in [6.45, 7) is 4.50. The van der Waals surface area contributed by atoms with Gasteiger partial charge in [0.25, 0.3) is 0 Å². The van der Waals surface area contributed by atoms with Gasteiger partial charge in [-0.2, -0.15) is 0 Å². The van der Waals surface area contributed by atoms with Gasteiger partial charge in [0, 0.05) is 17.5 Å². The molecule has 170 valence electrons. The molecule has 0 saturated carbocycles. The van der Waals surface area contributed by atoms with Crippen molar-refractivity contribution in [3.8, 4) is 0 Å². The van der Waals surface area contributed by atoms with Gasteiger partial charge in [0.05, 0.1) is 5.60 Å². The average molecular weight is 444 g/mol. The fourth-order valence-electron chi connectivity index (χ4n) is 5.10. The third-order valence-electron chi connectivity index (χ3n) is 6.63. The van der Waals surface area contributed by atoms with Gasteiger partial charge in [0.2, 0.25) is 0 Å². The molecule has 1 aliphatic heterocycles. The molecule has 0 amide bonds. The second-order valence-electron chi connectivity index (χ2n) is 9.09. The Bertz CT molecular complexity index is 1160. The Morgan fingerprint density at radius 3 is 2.58 bits per heavy atom. The van der Waals surface area contributed by atoms with Gasteiger partial charge in [-0.05, 0) is 73.7 Å². The van der Waals surface area contributed by atoms with Crippen LogP contribution in [0.1, 0.15) is 52.6 Å². The molecule has 0 spiro atoms. The van der Waals surface area contributed by atoms with Crippen molar-refractivity contribution in [2.45, 2.75) is 44.2 Å². The number of aliphatic hydroxyl groups is 1. The van der Waals surface area contributed by atoms with Crippen LogP contribution in [-0.4, -0.2) is 23.5 Å². The maximum atomic E-state index is 13.7. The number of piperidine rings is 1. The fourth-order valence-corrected chi connectivity index (χ4v) is 5.10. The van der Waals surface area contributed by atoms with E-state index in [1.165, 1.54) is 12.1 Å². The highest BCUT2D eigenvalue weighted by Crippen LogP contribution is 2.44. The normalized spacial score (nSPS) is 22.1. The van der Waals surface area contributed by atoms with Crippen LogP contribution in [0, 0.1) is 19.7 Å². The molecule has 3 aromatic rings. The van der Waals surface area contributed by atoms with Crippen molar-refractivity contribution in [3.63, 3.8) is 0 Å². The summed E-state index contributed by atoms with van der Waals surface area (Å²) in [5, 5.41) is 15.6. The van der Waals surface area contributed by atoms with Crippen molar-refractivity contribution in [3.05, 3.63) is 112 Å². The number of rotatable bonds is 6. The fraction of sp³-hybridized carbons (Fsp3) is 0.276. The van der Waals surface area contributed by atoms with Crippen LogP contribution in [0.2, 0.25) is 0 Å². The molecular formula is C29H30FNO2. The second-order valence-corrected chi connectivity index (χ2v) is 9.09. The van der Waals surface area contributed by atoms with E-state index in [9.17, 15) is 14.3 Å². The Labute approximate surface area is 195 Å². The molecule has 0 aliphatic carbocycles. The second kappa shape index (κ2) is 9.82. The highest BCUT2D eigenvalue weighted by atomic mass is 19.1. The van der Waals surface area contributed by atoms with Gasteiger partial charge in [-0.25, -0.2) is 4.39 Å². The lowest BCUT2D eigenvalue weighted by Gasteiger charge is -2.43. The largest absolute Gasteiger partial charge is 0.389 e. The molecule has 0 aromatic heterocycles. The number of carbonyl (C=O) groups is 1. The molecule has 3 nitrogen and oxygen atoms in total. The van der Waals surface area contributed by atoms with E-state index in [-0.39, 0.29) is 11.9 Å². The quantitative estimate of drug-likeness (QED) is 0.382. The zero-order valence-electron chi connectivity index (χ0n) is 19.1. The maximum Gasteiger partial charge on any atom is 0.146 e. The van der Waals surface area contributed by atoms with Gasteiger partial charge < -0.3 is 10.4 Å². The molecule has 1 saturated heterocycles. The molecule has 33 heavy (non-hydrogen) atoms. The maximum absolute atomic E-state index is 13.7. The smallest absolute Gasteiger partial charge is 0.146 e. The van der Waals surface area contributed by atoms with Crippen LogP contribution >= 0.6 is 0 Å². The first-order valence-corrected chi connectivity index (χ1v) is 11.4. The van der Waals surface area contributed by atoms with E-state index in [0.717, 1.165) is 34.1 Å². The molecule has 2 N–H and O–H groups in total. The van der Waals surface area contributed by atoms with Crippen LogP contribution in [0.25, 0.3) is 6.08 Å². The van der Waals surface area contributed by atoms with Gasteiger partial charge >= 0.3 is 0 Å². The summed E-state index contributed by atoms with van der Waals surface area (Å²) >= 11 is 0. The lowest BCUT2D eigenvalue weighted by Crippen LogP contribution is -2.48. The monoisotopic (exact) mass is 443 g/mol. The van der Waals surface area contributed by atoms with Gasteiger partial charge in [-0.1, -0.05) is 66.2 Å². The summed E-state index contributed by atoms with van der Waals surface area (Å²) in [5.41, 5.74) is 4.16. The first-order chi connectivity index (χ1) is 15.9. The number of nitrogens with one attached hydrogen (secondary N) is 1. The van der Waals surface area contributed by atoms with E-state index < -0.39 is 11.5 Å². The van der Waals surface area contributed by atoms with Gasteiger partial charge in [-0.15, -0.1) is 0 Å². The van der Waals surface area contributed by atoms with Crippen LogP contribution in [0.15, 0.2) is 78.4 Å². The first-order valence-electron chi connectivity index (χ1n) is 11.4. The van der Waals surface area contributed by atoms with Crippen molar-refractivity contribution in [1.82, 2.24) is 5.32 Å². The summed E-state index contributed by atoms with van der Waals surface area (Å²) in [7, 11) is 0. The highest BCUT2D eigenvalue weighted by Gasteiger charge is 2.44. The first kappa shape index (κ1) is 23.1. The summed E-state index contributed by atoms with van der Waals surface area (Å²) < 4.78 is 13.7. The Hall–Kier alpha value is -3.08. The average Bonchev–Trinajstić information content (AvgIpc) is 2.79. The Morgan fingerprint density at radius 1 is 1.09 bits per heavy atom. The summed E-state index contributed by atoms with van der Waals surface area (Å²) in [6.07, 6.45) is 3.67. The number of hydrogen-bond donors (Lipinski definition) is 2. The predicted molar refractivity (Wildman–Crippen MR) is 130 cm³/mol. The number of benzene rings is 3. The molecule has 1 aliphatic rings. The van der Waals surface area contributed by atoms with E-state index in [2.05, 4.69) is 5.32 Å². The minimum atomic E-state index is -1.14. The summed E-state index contributed by atoms with van der Waals surface area (Å²) in [5.74, 6) is -0.754. The lowest BCUT2D eigenvalue weighted by atomic mass is 9.69. The third kappa shape index (κ3) is 5.13.